The van der Waals surface area contributed by atoms with Crippen molar-refractivity contribution >= 4 is 5.91 Å². The molecule has 1 aliphatic carbocycles. The number of methoxy groups -OCH3 is 1. The first kappa shape index (κ1) is 14.5. The zero-order valence-electron chi connectivity index (χ0n) is 11.3. The van der Waals surface area contributed by atoms with Gasteiger partial charge in [0.15, 0.2) is 0 Å². The van der Waals surface area contributed by atoms with Crippen molar-refractivity contribution in [2.75, 3.05) is 26.8 Å². The fraction of sp³-hybridized carbons (Fsp3) is 0.923. The van der Waals surface area contributed by atoms with Crippen LogP contribution in [0.5, 0.6) is 0 Å². The molecule has 0 heterocycles. The van der Waals surface area contributed by atoms with E-state index in [1.54, 1.807) is 7.11 Å². The van der Waals surface area contributed by atoms with Crippen LogP contribution in [0.15, 0.2) is 0 Å². The lowest BCUT2D eigenvalue weighted by molar-refractivity contribution is -0.123. The van der Waals surface area contributed by atoms with Crippen LogP contribution >= 0.6 is 0 Å². The standard InChI is InChI=1S/C13H26N2O2/c1-10-5-4-6-12(10)9-15-11(2)13(16)14-7-8-17-3/h10-12,15H,4-9H2,1-3H3,(H,14,16). The van der Waals surface area contributed by atoms with Gasteiger partial charge < -0.3 is 15.4 Å². The number of amides is 1. The number of ether oxygens (including phenoxy) is 1. The molecule has 4 heteroatoms. The Morgan fingerprint density at radius 1 is 1.47 bits per heavy atom. The highest BCUT2D eigenvalue weighted by atomic mass is 16.5. The van der Waals surface area contributed by atoms with Crippen molar-refractivity contribution < 1.29 is 9.53 Å². The van der Waals surface area contributed by atoms with Crippen LogP contribution < -0.4 is 10.6 Å². The number of hydrogen-bond acceptors (Lipinski definition) is 3. The SMILES string of the molecule is COCCNC(=O)C(C)NCC1CCCC1C. The van der Waals surface area contributed by atoms with Crippen molar-refractivity contribution in [3.63, 3.8) is 0 Å². The quantitative estimate of drug-likeness (QED) is 0.659. The molecule has 0 aliphatic heterocycles. The van der Waals surface area contributed by atoms with Crippen LogP contribution in [0, 0.1) is 11.8 Å². The Bertz CT molecular complexity index is 233. The molecule has 4 nitrogen and oxygen atoms in total. The Labute approximate surface area is 104 Å². The first-order valence-electron chi connectivity index (χ1n) is 6.65. The van der Waals surface area contributed by atoms with Crippen molar-refractivity contribution in [2.24, 2.45) is 11.8 Å². The highest BCUT2D eigenvalue weighted by Gasteiger charge is 2.24. The Hall–Kier alpha value is -0.610. The Kier molecular flexibility index (Phi) is 6.52. The number of hydrogen-bond donors (Lipinski definition) is 2. The van der Waals surface area contributed by atoms with Gasteiger partial charge in [-0.2, -0.15) is 0 Å². The molecule has 2 N–H and O–H groups in total. The summed E-state index contributed by atoms with van der Waals surface area (Å²) >= 11 is 0. The van der Waals surface area contributed by atoms with E-state index in [1.165, 1.54) is 19.3 Å². The molecule has 0 aromatic heterocycles. The van der Waals surface area contributed by atoms with Gasteiger partial charge in [0.25, 0.3) is 0 Å². The van der Waals surface area contributed by atoms with Crippen molar-refractivity contribution in [3.05, 3.63) is 0 Å². The van der Waals surface area contributed by atoms with Gasteiger partial charge in [0.1, 0.15) is 0 Å². The molecule has 1 saturated carbocycles. The highest BCUT2D eigenvalue weighted by Crippen LogP contribution is 2.30. The third kappa shape index (κ3) is 5.04. The molecule has 3 atom stereocenters. The van der Waals surface area contributed by atoms with Crippen LogP contribution in [0.4, 0.5) is 0 Å². The summed E-state index contributed by atoms with van der Waals surface area (Å²) in [6, 6.07) is -0.111. The molecule has 1 aliphatic rings. The van der Waals surface area contributed by atoms with Crippen LogP contribution in [0.3, 0.4) is 0 Å². The third-order valence-electron chi connectivity index (χ3n) is 3.72. The summed E-state index contributed by atoms with van der Waals surface area (Å²) in [4.78, 5) is 11.7. The minimum atomic E-state index is -0.111. The Morgan fingerprint density at radius 3 is 2.82 bits per heavy atom. The number of rotatable bonds is 7. The molecule has 1 rings (SSSR count). The molecule has 0 spiro atoms. The minimum Gasteiger partial charge on any atom is -0.383 e. The van der Waals surface area contributed by atoms with Crippen molar-refractivity contribution in [2.45, 2.75) is 39.2 Å². The van der Waals surface area contributed by atoms with E-state index in [0.29, 0.717) is 13.2 Å². The minimum absolute atomic E-state index is 0.0627. The van der Waals surface area contributed by atoms with Crippen LogP contribution in [0.2, 0.25) is 0 Å². The molecule has 0 saturated heterocycles. The lowest BCUT2D eigenvalue weighted by atomic mass is 9.98. The number of carbonyl (C=O) groups is 1. The van der Waals surface area contributed by atoms with Crippen molar-refractivity contribution in [1.29, 1.82) is 0 Å². The van der Waals surface area contributed by atoms with Gasteiger partial charge in [-0.15, -0.1) is 0 Å². The molecular weight excluding hydrogens is 216 g/mol. The van der Waals surface area contributed by atoms with E-state index >= 15 is 0 Å². The summed E-state index contributed by atoms with van der Waals surface area (Å²) in [6.07, 6.45) is 3.97. The average Bonchev–Trinajstić information content (AvgIpc) is 2.72. The predicted octanol–water partition coefficient (Wildman–Crippen LogP) is 1.16. The molecule has 3 unspecified atom stereocenters. The fourth-order valence-corrected chi connectivity index (χ4v) is 2.38. The summed E-state index contributed by atoms with van der Waals surface area (Å²) in [7, 11) is 1.63. The largest absolute Gasteiger partial charge is 0.383 e. The van der Waals surface area contributed by atoms with Gasteiger partial charge >= 0.3 is 0 Å². The summed E-state index contributed by atoms with van der Waals surface area (Å²) < 4.78 is 4.89. The molecule has 0 bridgehead atoms. The average molecular weight is 242 g/mol. The Balaban J connectivity index is 2.15. The normalized spacial score (nSPS) is 25.8. The van der Waals surface area contributed by atoms with E-state index in [-0.39, 0.29) is 11.9 Å². The molecule has 1 fully saturated rings. The van der Waals surface area contributed by atoms with E-state index < -0.39 is 0 Å². The number of nitrogens with one attached hydrogen (secondary N) is 2. The monoisotopic (exact) mass is 242 g/mol. The molecule has 0 aromatic rings. The predicted molar refractivity (Wildman–Crippen MR) is 68.9 cm³/mol. The third-order valence-corrected chi connectivity index (χ3v) is 3.72. The highest BCUT2D eigenvalue weighted by molar-refractivity contribution is 5.81. The van der Waals surface area contributed by atoms with Crippen LogP contribution in [0.1, 0.15) is 33.1 Å². The lowest BCUT2D eigenvalue weighted by Gasteiger charge is -2.19. The summed E-state index contributed by atoms with van der Waals surface area (Å²) in [5.74, 6) is 1.60. The lowest BCUT2D eigenvalue weighted by Crippen LogP contribution is -2.44. The summed E-state index contributed by atoms with van der Waals surface area (Å²) in [5, 5.41) is 6.17. The van der Waals surface area contributed by atoms with Gasteiger partial charge in [-0.3, -0.25) is 4.79 Å². The fourth-order valence-electron chi connectivity index (χ4n) is 2.38. The van der Waals surface area contributed by atoms with Crippen molar-refractivity contribution in [3.8, 4) is 0 Å². The van der Waals surface area contributed by atoms with Crippen LogP contribution in [-0.2, 0) is 9.53 Å². The molecular formula is C13H26N2O2. The van der Waals surface area contributed by atoms with Crippen molar-refractivity contribution in [1.82, 2.24) is 10.6 Å². The zero-order chi connectivity index (χ0) is 12.7. The maximum Gasteiger partial charge on any atom is 0.236 e. The Morgan fingerprint density at radius 2 is 2.24 bits per heavy atom. The molecule has 0 radical (unpaired) electrons. The van der Waals surface area contributed by atoms with Gasteiger partial charge in [-0.1, -0.05) is 19.8 Å². The second-order valence-corrected chi connectivity index (χ2v) is 5.08. The van der Waals surface area contributed by atoms with Gasteiger partial charge in [0.2, 0.25) is 5.91 Å². The topological polar surface area (TPSA) is 50.4 Å². The molecule has 17 heavy (non-hydrogen) atoms. The van der Waals surface area contributed by atoms with Crippen LogP contribution in [0.25, 0.3) is 0 Å². The van der Waals surface area contributed by atoms with Gasteiger partial charge in [-0.05, 0) is 31.7 Å². The van der Waals surface area contributed by atoms with Gasteiger partial charge in [0.05, 0.1) is 12.6 Å². The maximum atomic E-state index is 11.7. The van der Waals surface area contributed by atoms with Crippen LogP contribution in [-0.4, -0.2) is 38.8 Å². The summed E-state index contributed by atoms with van der Waals surface area (Å²) in [6.45, 7) is 6.34. The molecule has 1 amide bonds. The second kappa shape index (κ2) is 7.67. The van der Waals surface area contributed by atoms with E-state index in [4.69, 9.17) is 4.74 Å². The zero-order valence-corrected chi connectivity index (χ0v) is 11.3. The molecule has 0 aromatic carbocycles. The van der Waals surface area contributed by atoms with Gasteiger partial charge in [-0.25, -0.2) is 0 Å². The molecule has 100 valence electrons. The van der Waals surface area contributed by atoms with E-state index in [1.807, 2.05) is 6.92 Å². The maximum absolute atomic E-state index is 11.7. The van der Waals surface area contributed by atoms with Gasteiger partial charge in [0, 0.05) is 13.7 Å². The number of carbonyl (C=O) groups excluding carboxylic acids is 1. The smallest absolute Gasteiger partial charge is 0.236 e. The summed E-state index contributed by atoms with van der Waals surface area (Å²) in [5.41, 5.74) is 0. The van der Waals surface area contributed by atoms with E-state index in [2.05, 4.69) is 17.6 Å². The van der Waals surface area contributed by atoms with E-state index in [9.17, 15) is 4.79 Å². The second-order valence-electron chi connectivity index (χ2n) is 5.08. The first-order valence-corrected chi connectivity index (χ1v) is 6.65. The van der Waals surface area contributed by atoms with E-state index in [0.717, 1.165) is 18.4 Å². The first-order chi connectivity index (χ1) is 8.15.